The predicted octanol–water partition coefficient (Wildman–Crippen LogP) is 5.71. The first-order chi connectivity index (χ1) is 29.3. The van der Waals surface area contributed by atoms with E-state index >= 15 is 0 Å². The molecule has 2 fully saturated rings. The van der Waals surface area contributed by atoms with Crippen molar-refractivity contribution in [3.05, 3.63) is 94.0 Å². The zero-order valence-corrected chi connectivity index (χ0v) is 37.3. The zero-order valence-electron chi connectivity index (χ0n) is 36.5. The second kappa shape index (κ2) is 20.0. The summed E-state index contributed by atoms with van der Waals surface area (Å²) in [6.07, 6.45) is 0.400. The molecule has 1 saturated heterocycles. The molecule has 1 saturated carbocycles. The molecule has 62 heavy (non-hydrogen) atoms. The molecule has 15 heteroatoms. The Hall–Kier alpha value is -5.67. The highest BCUT2D eigenvalue weighted by Gasteiger charge is 2.64. The highest BCUT2D eigenvalue weighted by molar-refractivity contribution is 6.31. The number of aliphatic hydroxyl groups excluding tert-OH is 1. The van der Waals surface area contributed by atoms with Gasteiger partial charge in [0.15, 0.2) is 0 Å². The lowest BCUT2D eigenvalue weighted by molar-refractivity contribution is -0.164. The summed E-state index contributed by atoms with van der Waals surface area (Å²) in [4.78, 5) is 54.7. The highest BCUT2D eigenvalue weighted by Crippen LogP contribution is 2.55. The first kappa shape index (κ1) is 47.4. The number of aliphatic hydroxyl groups is 1. The molecule has 1 aliphatic heterocycles. The summed E-state index contributed by atoms with van der Waals surface area (Å²) in [5.41, 5.74) is 1.58. The van der Waals surface area contributed by atoms with Gasteiger partial charge in [0, 0.05) is 66.9 Å². The molecular weight excluding hydrogens is 810 g/mol. The van der Waals surface area contributed by atoms with E-state index in [1.54, 1.807) is 54.6 Å². The molecule has 4 amide bonds. The van der Waals surface area contributed by atoms with Crippen LogP contribution in [0.15, 0.2) is 66.7 Å². The van der Waals surface area contributed by atoms with Crippen LogP contribution in [0.25, 0.3) is 0 Å². The summed E-state index contributed by atoms with van der Waals surface area (Å²) >= 11 is 6.23. The molecule has 0 spiro atoms. The molecule has 2 aliphatic rings. The monoisotopic (exact) mass is 867 g/mol. The van der Waals surface area contributed by atoms with Crippen molar-refractivity contribution in [3.63, 3.8) is 0 Å². The molecule has 1 heterocycles. The van der Waals surface area contributed by atoms with Crippen LogP contribution in [0.3, 0.4) is 0 Å². The fourth-order valence-corrected chi connectivity index (χ4v) is 8.82. The van der Waals surface area contributed by atoms with Gasteiger partial charge in [-0.25, -0.2) is 0 Å². The Bertz CT molecular complexity index is 2160. The molecule has 1 aliphatic carbocycles. The number of ether oxygens (including phenoxy) is 2. The first-order valence-corrected chi connectivity index (χ1v) is 21.3. The third-order valence-electron chi connectivity index (χ3n) is 11.7. The number of rotatable bonds is 17. The summed E-state index contributed by atoms with van der Waals surface area (Å²) < 4.78 is 12.0. The lowest BCUT2D eigenvalue weighted by Gasteiger charge is -2.63. The maximum absolute atomic E-state index is 13.8. The largest absolute Gasteiger partial charge is 0.489 e. The third kappa shape index (κ3) is 11.4. The van der Waals surface area contributed by atoms with Gasteiger partial charge in [-0.3, -0.25) is 19.2 Å². The van der Waals surface area contributed by atoms with Crippen molar-refractivity contribution in [1.29, 1.82) is 10.5 Å². The van der Waals surface area contributed by atoms with Crippen LogP contribution in [0, 0.1) is 38.9 Å². The van der Waals surface area contributed by atoms with Crippen LogP contribution < -0.4 is 26.0 Å². The van der Waals surface area contributed by atoms with Crippen LogP contribution >= 0.6 is 11.6 Å². The number of nitrogens with zero attached hydrogens (tertiary/aromatic N) is 3. The molecule has 0 radical (unpaired) electrons. The normalized spacial score (nSPS) is 20.4. The summed E-state index contributed by atoms with van der Waals surface area (Å²) in [5.74, 6) is -0.946. The van der Waals surface area contributed by atoms with Crippen LogP contribution in [-0.2, 0) is 25.7 Å². The lowest BCUT2D eigenvalue weighted by Crippen LogP contribution is -2.74. The first-order valence-electron chi connectivity index (χ1n) is 20.9. The van der Waals surface area contributed by atoms with Gasteiger partial charge in [-0.05, 0) is 72.4 Å². The van der Waals surface area contributed by atoms with E-state index in [0.717, 1.165) is 17.7 Å². The number of β-amino-alcohol motifs (C(OH)–C–C–N with tert-alkyl or cyclic N) is 1. The number of unbranched alkanes of at least 4 members (excludes halogenated alkanes) is 1. The average Bonchev–Trinajstić information content (AvgIpc) is 3.63. The van der Waals surface area contributed by atoms with E-state index in [1.807, 2.05) is 32.9 Å². The van der Waals surface area contributed by atoms with E-state index in [0.29, 0.717) is 47.0 Å². The van der Waals surface area contributed by atoms with Gasteiger partial charge in [-0.1, -0.05) is 72.2 Å². The molecule has 0 unspecified atom stereocenters. The van der Waals surface area contributed by atoms with Gasteiger partial charge >= 0.3 is 0 Å². The van der Waals surface area contributed by atoms with Gasteiger partial charge in [-0.15, -0.1) is 0 Å². The molecule has 330 valence electrons. The predicted molar refractivity (Wildman–Crippen MR) is 235 cm³/mol. The number of nitriles is 2. The molecule has 0 aromatic heterocycles. The van der Waals surface area contributed by atoms with Gasteiger partial charge in [0.2, 0.25) is 17.7 Å². The van der Waals surface area contributed by atoms with E-state index in [9.17, 15) is 29.5 Å². The van der Waals surface area contributed by atoms with Crippen molar-refractivity contribution >= 4 is 40.9 Å². The van der Waals surface area contributed by atoms with Gasteiger partial charge in [0.25, 0.3) is 5.91 Å². The van der Waals surface area contributed by atoms with E-state index in [-0.39, 0.29) is 55.0 Å². The van der Waals surface area contributed by atoms with Crippen LogP contribution in [0.5, 0.6) is 5.75 Å². The Labute approximate surface area is 369 Å². The maximum atomic E-state index is 13.8. The maximum Gasteiger partial charge on any atom is 0.251 e. The Morgan fingerprint density at radius 2 is 1.63 bits per heavy atom. The quantitative estimate of drug-likeness (QED) is 0.105. The van der Waals surface area contributed by atoms with Crippen molar-refractivity contribution in [2.45, 2.75) is 105 Å². The fraction of sp³-hybridized carbons (Fsp3) is 0.489. The zero-order chi connectivity index (χ0) is 45.4. The second-order valence-corrected chi connectivity index (χ2v) is 18.8. The number of carbonyl (C=O) groups excluding carboxylic acids is 4. The molecular formula is C47H58ClN7O7. The van der Waals surface area contributed by atoms with E-state index in [4.69, 9.17) is 26.3 Å². The van der Waals surface area contributed by atoms with Crippen molar-refractivity contribution in [3.8, 4) is 17.9 Å². The topological polar surface area (TPSA) is 206 Å². The summed E-state index contributed by atoms with van der Waals surface area (Å²) in [7, 11) is 0. The number of halogens is 1. The van der Waals surface area contributed by atoms with Crippen molar-refractivity contribution in [1.82, 2.24) is 20.9 Å². The SMILES string of the molecule is CC1(C)C(NC(=O)c2ccc(NCCCCOCC(=O)N[C@H](C(=O)N3C[C@H](O)C[C@H]3C(=O)NCc3ccc(C#N)cc3)C(C)(C)C)cc2)C(C)(C)C1Oc1ccc(C#N)c(Cl)c1. The molecule has 0 bridgehead atoms. The molecule has 5 rings (SSSR count). The number of hydrogen-bond acceptors (Lipinski definition) is 10. The van der Waals surface area contributed by atoms with Gasteiger partial charge < -0.3 is 40.7 Å². The lowest BCUT2D eigenvalue weighted by atomic mass is 9.49. The van der Waals surface area contributed by atoms with Crippen molar-refractivity contribution in [2.24, 2.45) is 16.2 Å². The van der Waals surface area contributed by atoms with Gasteiger partial charge in [-0.2, -0.15) is 10.5 Å². The number of anilines is 1. The number of likely N-dealkylation sites (tertiary alicyclic amines) is 1. The van der Waals surface area contributed by atoms with E-state index in [2.05, 4.69) is 61.1 Å². The Kier molecular flexibility index (Phi) is 15.3. The smallest absolute Gasteiger partial charge is 0.251 e. The van der Waals surface area contributed by atoms with Crippen LogP contribution in [0.1, 0.15) is 94.8 Å². The second-order valence-electron chi connectivity index (χ2n) is 18.4. The molecule has 5 N–H and O–H groups in total. The molecule has 14 nitrogen and oxygen atoms in total. The number of hydrogen-bond donors (Lipinski definition) is 5. The number of nitrogens with one attached hydrogen (secondary N) is 4. The summed E-state index contributed by atoms with van der Waals surface area (Å²) in [5, 5.41) is 41.2. The number of benzene rings is 3. The van der Waals surface area contributed by atoms with Crippen LogP contribution in [-0.4, -0.2) is 90.3 Å². The van der Waals surface area contributed by atoms with E-state index < -0.39 is 41.3 Å². The fourth-order valence-electron chi connectivity index (χ4n) is 8.60. The minimum atomic E-state index is -0.968. The Morgan fingerprint density at radius 3 is 2.24 bits per heavy atom. The Balaban J connectivity index is 1.01. The number of carbonyl (C=O) groups is 4. The van der Waals surface area contributed by atoms with Crippen molar-refractivity contribution in [2.75, 3.05) is 31.6 Å². The third-order valence-corrected chi connectivity index (χ3v) is 12.0. The van der Waals surface area contributed by atoms with Crippen molar-refractivity contribution < 1.29 is 33.8 Å². The Morgan fingerprint density at radius 1 is 0.952 bits per heavy atom. The summed E-state index contributed by atoms with van der Waals surface area (Å²) in [6.45, 7) is 14.6. The molecule has 3 aromatic rings. The summed E-state index contributed by atoms with van der Waals surface area (Å²) in [6, 6.07) is 21.1. The minimum absolute atomic E-state index is 0.0330. The van der Waals surface area contributed by atoms with Crippen LogP contribution in [0.4, 0.5) is 5.69 Å². The minimum Gasteiger partial charge on any atom is -0.489 e. The van der Waals surface area contributed by atoms with E-state index in [1.165, 1.54) is 4.90 Å². The standard InChI is InChI=1S/C47H58ClN7O7/c1-45(2,3)39(42(60)55-27-34(56)22-37(55)41(59)52-26-30-12-10-29(24-49)11-13-30)53-38(57)28-61-21-9-8-20-51-33-17-14-31(15-18-33)40(58)54-43-46(4,5)44(47(43,6)7)62-35-19-16-32(25-50)36(48)23-35/h10-19,23,34,37,39,43-44,51,56H,8-9,20-22,26-28H2,1-7H3,(H,52,59)(H,53,57)(H,54,58)/t34-,37+,39-,43?,44?/m1/s1. The molecule has 3 aromatic carbocycles. The highest BCUT2D eigenvalue weighted by atomic mass is 35.5. The van der Waals surface area contributed by atoms with Crippen LogP contribution in [0.2, 0.25) is 5.02 Å². The van der Waals surface area contributed by atoms with Gasteiger partial charge in [0.1, 0.15) is 36.6 Å². The van der Waals surface area contributed by atoms with Gasteiger partial charge in [0.05, 0.1) is 28.3 Å². The molecule has 3 atom stereocenters. The number of amides is 4. The average molecular weight is 868 g/mol.